The van der Waals surface area contributed by atoms with E-state index in [1.54, 1.807) is 14.2 Å². The molecule has 1 atom stereocenters. The zero-order chi connectivity index (χ0) is 15.4. The van der Waals surface area contributed by atoms with Crippen LogP contribution >= 0.6 is 15.9 Å². The fraction of sp³-hybridized carbons (Fsp3) is 0.250. The molecule has 0 saturated carbocycles. The number of rotatable bonds is 5. The van der Waals surface area contributed by atoms with Crippen LogP contribution in [-0.2, 0) is 6.42 Å². The molecule has 3 nitrogen and oxygen atoms in total. The van der Waals surface area contributed by atoms with Gasteiger partial charge in [0.1, 0.15) is 5.82 Å². The van der Waals surface area contributed by atoms with Crippen molar-refractivity contribution in [1.29, 1.82) is 0 Å². The summed E-state index contributed by atoms with van der Waals surface area (Å²) in [7, 11) is 3.17. The van der Waals surface area contributed by atoms with E-state index in [0.717, 1.165) is 11.1 Å². The molecule has 0 aromatic heterocycles. The summed E-state index contributed by atoms with van der Waals surface area (Å²) < 4.78 is 24.6. The third kappa shape index (κ3) is 3.95. The molecular weight excluding hydrogens is 337 g/mol. The fourth-order valence-corrected chi connectivity index (χ4v) is 2.70. The molecule has 0 aliphatic heterocycles. The van der Waals surface area contributed by atoms with E-state index in [4.69, 9.17) is 15.2 Å². The summed E-state index contributed by atoms with van der Waals surface area (Å²) >= 11 is 3.28. The molecule has 0 spiro atoms. The van der Waals surface area contributed by atoms with Crippen LogP contribution in [0.1, 0.15) is 17.2 Å². The van der Waals surface area contributed by atoms with E-state index in [1.165, 1.54) is 12.1 Å². The van der Waals surface area contributed by atoms with Gasteiger partial charge in [-0.15, -0.1) is 0 Å². The van der Waals surface area contributed by atoms with Crippen LogP contribution in [-0.4, -0.2) is 14.2 Å². The van der Waals surface area contributed by atoms with Crippen molar-refractivity contribution >= 4 is 15.9 Å². The number of hydrogen-bond donors (Lipinski definition) is 1. The lowest BCUT2D eigenvalue weighted by atomic mass is 9.99. The standard InChI is InChI=1S/C16H17BrFNO2/c1-20-15-4-3-11(8-16(15)21-2)14(19)7-10-5-12(17)9-13(18)6-10/h3-6,8-9,14H,7,19H2,1-2H3. The van der Waals surface area contributed by atoms with E-state index < -0.39 is 0 Å². The maximum atomic E-state index is 13.4. The van der Waals surface area contributed by atoms with Crippen LogP contribution in [0.2, 0.25) is 0 Å². The zero-order valence-electron chi connectivity index (χ0n) is 11.9. The summed E-state index contributed by atoms with van der Waals surface area (Å²) in [5.41, 5.74) is 7.96. The summed E-state index contributed by atoms with van der Waals surface area (Å²) in [6, 6.07) is 10.1. The van der Waals surface area contributed by atoms with Gasteiger partial charge in [-0.2, -0.15) is 0 Å². The average Bonchev–Trinajstić information content (AvgIpc) is 2.45. The predicted octanol–water partition coefficient (Wildman–Crippen LogP) is 3.85. The normalized spacial score (nSPS) is 12.0. The smallest absolute Gasteiger partial charge is 0.161 e. The maximum Gasteiger partial charge on any atom is 0.161 e. The van der Waals surface area contributed by atoms with Crippen molar-refractivity contribution in [3.05, 3.63) is 57.8 Å². The van der Waals surface area contributed by atoms with Gasteiger partial charge in [0, 0.05) is 10.5 Å². The number of halogens is 2. The lowest BCUT2D eigenvalue weighted by molar-refractivity contribution is 0.354. The molecular formula is C16H17BrFNO2. The van der Waals surface area contributed by atoms with E-state index in [0.29, 0.717) is 22.4 Å². The highest BCUT2D eigenvalue weighted by atomic mass is 79.9. The Bertz CT molecular complexity index is 613. The highest BCUT2D eigenvalue weighted by molar-refractivity contribution is 9.10. The topological polar surface area (TPSA) is 44.5 Å². The maximum absolute atomic E-state index is 13.4. The van der Waals surface area contributed by atoms with Crippen LogP contribution in [0.3, 0.4) is 0 Å². The first kappa shape index (κ1) is 15.8. The monoisotopic (exact) mass is 353 g/mol. The minimum Gasteiger partial charge on any atom is -0.493 e. The minimum atomic E-state index is -0.279. The SMILES string of the molecule is COc1ccc(C(N)Cc2cc(F)cc(Br)c2)cc1OC. The third-order valence-electron chi connectivity index (χ3n) is 3.21. The summed E-state index contributed by atoms with van der Waals surface area (Å²) in [4.78, 5) is 0. The molecule has 5 heteroatoms. The second-order valence-electron chi connectivity index (χ2n) is 4.70. The molecule has 21 heavy (non-hydrogen) atoms. The highest BCUT2D eigenvalue weighted by Gasteiger charge is 2.12. The van der Waals surface area contributed by atoms with E-state index >= 15 is 0 Å². The average molecular weight is 354 g/mol. The molecule has 0 fully saturated rings. The Morgan fingerprint density at radius 2 is 1.81 bits per heavy atom. The molecule has 0 aliphatic rings. The van der Waals surface area contributed by atoms with Gasteiger partial charge in [-0.3, -0.25) is 0 Å². The second-order valence-corrected chi connectivity index (χ2v) is 5.62. The Balaban J connectivity index is 2.21. The molecule has 2 aromatic rings. The van der Waals surface area contributed by atoms with Crippen LogP contribution < -0.4 is 15.2 Å². The van der Waals surface area contributed by atoms with Crippen molar-refractivity contribution in [2.24, 2.45) is 5.73 Å². The molecule has 0 heterocycles. The minimum absolute atomic E-state index is 0.251. The van der Waals surface area contributed by atoms with Gasteiger partial charge in [-0.05, 0) is 47.9 Å². The summed E-state index contributed by atoms with van der Waals surface area (Å²) in [6.07, 6.45) is 0.534. The molecule has 1 unspecified atom stereocenters. The molecule has 2 N–H and O–H groups in total. The van der Waals surface area contributed by atoms with E-state index in [1.807, 2.05) is 24.3 Å². The van der Waals surface area contributed by atoms with Crippen molar-refractivity contribution in [2.45, 2.75) is 12.5 Å². The highest BCUT2D eigenvalue weighted by Crippen LogP contribution is 2.30. The van der Waals surface area contributed by atoms with Gasteiger partial charge in [0.15, 0.2) is 11.5 Å². The van der Waals surface area contributed by atoms with Gasteiger partial charge < -0.3 is 15.2 Å². The van der Waals surface area contributed by atoms with Crippen LogP contribution in [0, 0.1) is 5.82 Å². The summed E-state index contributed by atoms with van der Waals surface area (Å²) in [6.45, 7) is 0. The van der Waals surface area contributed by atoms with Crippen LogP contribution in [0.5, 0.6) is 11.5 Å². The first-order chi connectivity index (χ1) is 10.0. The number of nitrogens with two attached hydrogens (primary N) is 1. The van der Waals surface area contributed by atoms with Gasteiger partial charge in [0.25, 0.3) is 0 Å². The van der Waals surface area contributed by atoms with Crippen LogP contribution in [0.25, 0.3) is 0 Å². The lowest BCUT2D eigenvalue weighted by Gasteiger charge is -2.15. The number of hydrogen-bond acceptors (Lipinski definition) is 3. The Morgan fingerprint density at radius 1 is 1.10 bits per heavy atom. The lowest BCUT2D eigenvalue weighted by Crippen LogP contribution is -2.13. The largest absolute Gasteiger partial charge is 0.493 e. The van der Waals surface area contributed by atoms with Crippen molar-refractivity contribution in [2.75, 3.05) is 14.2 Å². The summed E-state index contributed by atoms with van der Waals surface area (Å²) in [5, 5.41) is 0. The number of benzene rings is 2. The second kappa shape index (κ2) is 6.91. The molecule has 112 valence electrons. The predicted molar refractivity (Wildman–Crippen MR) is 84.3 cm³/mol. The number of methoxy groups -OCH3 is 2. The van der Waals surface area contributed by atoms with Crippen LogP contribution in [0.4, 0.5) is 4.39 Å². The molecule has 0 amide bonds. The quantitative estimate of drug-likeness (QED) is 0.887. The number of ether oxygens (including phenoxy) is 2. The van der Waals surface area contributed by atoms with Gasteiger partial charge in [-0.25, -0.2) is 4.39 Å². The van der Waals surface area contributed by atoms with Crippen molar-refractivity contribution in [1.82, 2.24) is 0 Å². The van der Waals surface area contributed by atoms with E-state index in [-0.39, 0.29) is 11.9 Å². The van der Waals surface area contributed by atoms with Gasteiger partial charge in [0.05, 0.1) is 14.2 Å². The van der Waals surface area contributed by atoms with E-state index in [2.05, 4.69) is 15.9 Å². The molecule has 0 bridgehead atoms. The molecule has 2 rings (SSSR count). The first-order valence-electron chi connectivity index (χ1n) is 6.46. The van der Waals surface area contributed by atoms with Crippen molar-refractivity contribution in [3.8, 4) is 11.5 Å². The fourth-order valence-electron chi connectivity index (χ4n) is 2.18. The summed E-state index contributed by atoms with van der Waals surface area (Å²) in [5.74, 6) is 1.01. The Labute approximate surface area is 132 Å². The molecule has 0 saturated heterocycles. The molecule has 0 radical (unpaired) electrons. The Kier molecular flexibility index (Phi) is 5.20. The van der Waals surface area contributed by atoms with Crippen molar-refractivity contribution < 1.29 is 13.9 Å². The van der Waals surface area contributed by atoms with Gasteiger partial charge in [0.2, 0.25) is 0 Å². The molecule has 0 aliphatic carbocycles. The third-order valence-corrected chi connectivity index (χ3v) is 3.67. The first-order valence-corrected chi connectivity index (χ1v) is 7.25. The van der Waals surface area contributed by atoms with Crippen molar-refractivity contribution in [3.63, 3.8) is 0 Å². The van der Waals surface area contributed by atoms with Gasteiger partial charge in [-0.1, -0.05) is 22.0 Å². The zero-order valence-corrected chi connectivity index (χ0v) is 13.5. The van der Waals surface area contributed by atoms with Crippen LogP contribution in [0.15, 0.2) is 40.9 Å². The Morgan fingerprint density at radius 3 is 2.43 bits per heavy atom. The Hall–Kier alpha value is -1.59. The molecule has 2 aromatic carbocycles. The van der Waals surface area contributed by atoms with E-state index in [9.17, 15) is 4.39 Å². The van der Waals surface area contributed by atoms with Gasteiger partial charge >= 0.3 is 0 Å².